The Morgan fingerprint density at radius 1 is 1.33 bits per heavy atom. The van der Waals surface area contributed by atoms with Crippen LogP contribution in [0.5, 0.6) is 0 Å². The molecule has 0 spiro atoms. The lowest BCUT2D eigenvalue weighted by molar-refractivity contribution is 0.0670. The molecule has 0 bridgehead atoms. The quantitative estimate of drug-likeness (QED) is 0.923. The van der Waals surface area contributed by atoms with Crippen molar-refractivity contribution in [2.45, 2.75) is 46.6 Å². The van der Waals surface area contributed by atoms with Crippen molar-refractivity contribution in [3.8, 4) is 0 Å². The van der Waals surface area contributed by atoms with Gasteiger partial charge in [-0.3, -0.25) is 4.79 Å². The van der Waals surface area contributed by atoms with Crippen molar-refractivity contribution in [3.05, 3.63) is 34.9 Å². The van der Waals surface area contributed by atoms with Gasteiger partial charge < -0.3 is 10.2 Å². The van der Waals surface area contributed by atoms with E-state index in [9.17, 15) is 4.79 Å². The van der Waals surface area contributed by atoms with E-state index in [4.69, 9.17) is 0 Å². The molecule has 1 aromatic rings. The normalized spacial score (nSPS) is 19.1. The van der Waals surface area contributed by atoms with Gasteiger partial charge in [-0.05, 0) is 50.3 Å². The van der Waals surface area contributed by atoms with Crippen LogP contribution >= 0.6 is 0 Å². The van der Waals surface area contributed by atoms with Crippen LogP contribution in [-0.4, -0.2) is 36.5 Å². The molecule has 0 radical (unpaired) electrons. The summed E-state index contributed by atoms with van der Waals surface area (Å²) in [5, 5.41) is 3.50. The molecule has 1 amide bonds. The van der Waals surface area contributed by atoms with Gasteiger partial charge in [-0.2, -0.15) is 0 Å². The number of carbonyl (C=O) groups is 1. The summed E-state index contributed by atoms with van der Waals surface area (Å²) >= 11 is 0. The Hall–Kier alpha value is -1.35. The zero-order valence-electron chi connectivity index (χ0n) is 13.8. The number of likely N-dealkylation sites (tertiary alicyclic amines) is 1. The van der Waals surface area contributed by atoms with Crippen molar-refractivity contribution in [2.24, 2.45) is 5.92 Å². The minimum Gasteiger partial charge on any atom is -0.338 e. The monoisotopic (exact) mass is 288 g/mol. The summed E-state index contributed by atoms with van der Waals surface area (Å²) in [5.74, 6) is 0.786. The molecule has 1 fully saturated rings. The fourth-order valence-electron chi connectivity index (χ4n) is 3.13. The average molecular weight is 288 g/mol. The summed E-state index contributed by atoms with van der Waals surface area (Å²) in [6, 6.07) is 6.59. The number of nitrogens with one attached hydrogen (secondary N) is 1. The van der Waals surface area contributed by atoms with Gasteiger partial charge in [0.25, 0.3) is 5.91 Å². The van der Waals surface area contributed by atoms with Crippen molar-refractivity contribution in [1.29, 1.82) is 0 Å². The van der Waals surface area contributed by atoms with E-state index in [0.717, 1.165) is 42.7 Å². The van der Waals surface area contributed by atoms with Crippen LogP contribution in [0.3, 0.4) is 0 Å². The molecule has 0 saturated carbocycles. The molecule has 1 unspecified atom stereocenters. The number of piperidine rings is 1. The number of aryl methyl sites for hydroxylation is 2. The van der Waals surface area contributed by atoms with Gasteiger partial charge in [0.15, 0.2) is 0 Å². The lowest BCUT2D eigenvalue weighted by atomic mass is 9.95. The second-order valence-corrected chi connectivity index (χ2v) is 6.59. The van der Waals surface area contributed by atoms with E-state index < -0.39 is 0 Å². The summed E-state index contributed by atoms with van der Waals surface area (Å²) in [4.78, 5) is 14.9. The first-order valence-corrected chi connectivity index (χ1v) is 8.08. The number of nitrogens with zero attached hydrogens (tertiary/aromatic N) is 1. The fraction of sp³-hybridized carbons (Fsp3) is 0.611. The van der Waals surface area contributed by atoms with E-state index in [1.54, 1.807) is 0 Å². The highest BCUT2D eigenvalue weighted by molar-refractivity contribution is 5.97. The SMILES string of the molecule is Cc1cccc(C)c1C(=O)N1CCCC(CNC(C)C)C1. The zero-order valence-corrected chi connectivity index (χ0v) is 13.8. The van der Waals surface area contributed by atoms with Crippen LogP contribution in [-0.2, 0) is 0 Å². The molecule has 1 aromatic carbocycles. The Morgan fingerprint density at radius 3 is 2.62 bits per heavy atom. The fourth-order valence-corrected chi connectivity index (χ4v) is 3.13. The van der Waals surface area contributed by atoms with E-state index in [0.29, 0.717) is 12.0 Å². The van der Waals surface area contributed by atoms with Crippen molar-refractivity contribution in [1.82, 2.24) is 10.2 Å². The van der Waals surface area contributed by atoms with Crippen molar-refractivity contribution in [3.63, 3.8) is 0 Å². The molecule has 1 heterocycles. The maximum Gasteiger partial charge on any atom is 0.254 e. The van der Waals surface area contributed by atoms with Crippen LogP contribution in [0.15, 0.2) is 18.2 Å². The van der Waals surface area contributed by atoms with Crippen LogP contribution < -0.4 is 5.32 Å². The van der Waals surface area contributed by atoms with Gasteiger partial charge in [0.2, 0.25) is 0 Å². The predicted octanol–water partition coefficient (Wildman–Crippen LogP) is 3.15. The minimum atomic E-state index is 0.208. The molecule has 2 rings (SSSR count). The van der Waals surface area contributed by atoms with Crippen LogP contribution in [0.2, 0.25) is 0 Å². The summed E-state index contributed by atoms with van der Waals surface area (Å²) in [5.41, 5.74) is 3.07. The Kier molecular flexibility index (Phi) is 5.40. The standard InChI is InChI=1S/C18H28N2O/c1-13(2)19-11-16-9-6-10-20(12-16)18(21)17-14(3)7-5-8-15(17)4/h5,7-8,13,16,19H,6,9-12H2,1-4H3. The van der Waals surface area contributed by atoms with Crippen LogP contribution in [0.1, 0.15) is 48.2 Å². The number of hydrogen-bond acceptors (Lipinski definition) is 2. The van der Waals surface area contributed by atoms with Crippen LogP contribution in [0.25, 0.3) is 0 Å². The Labute approximate surface area is 128 Å². The maximum atomic E-state index is 12.8. The molecule has 116 valence electrons. The highest BCUT2D eigenvalue weighted by Crippen LogP contribution is 2.21. The zero-order chi connectivity index (χ0) is 15.4. The molecular formula is C18H28N2O. The highest BCUT2D eigenvalue weighted by Gasteiger charge is 2.26. The van der Waals surface area contributed by atoms with Crippen molar-refractivity contribution < 1.29 is 4.79 Å². The van der Waals surface area contributed by atoms with Gasteiger partial charge in [-0.15, -0.1) is 0 Å². The molecule has 0 aromatic heterocycles. The van der Waals surface area contributed by atoms with Gasteiger partial charge in [0, 0.05) is 24.7 Å². The van der Waals surface area contributed by atoms with E-state index in [1.807, 2.05) is 36.9 Å². The Balaban J connectivity index is 2.05. The molecule has 21 heavy (non-hydrogen) atoms. The first-order valence-electron chi connectivity index (χ1n) is 8.08. The minimum absolute atomic E-state index is 0.208. The number of rotatable bonds is 4. The first-order chi connectivity index (χ1) is 9.99. The smallest absolute Gasteiger partial charge is 0.254 e. The number of benzene rings is 1. The molecule has 0 aliphatic carbocycles. The second-order valence-electron chi connectivity index (χ2n) is 6.59. The first kappa shape index (κ1) is 16.0. The third kappa shape index (κ3) is 4.07. The number of carbonyl (C=O) groups excluding carboxylic acids is 1. The molecule has 1 aliphatic rings. The van der Waals surface area contributed by atoms with Crippen molar-refractivity contribution >= 4 is 5.91 Å². The molecule has 3 heteroatoms. The van der Waals surface area contributed by atoms with E-state index in [2.05, 4.69) is 19.2 Å². The summed E-state index contributed by atoms with van der Waals surface area (Å²) in [6.45, 7) is 11.2. The van der Waals surface area contributed by atoms with E-state index in [-0.39, 0.29) is 5.91 Å². The van der Waals surface area contributed by atoms with E-state index in [1.165, 1.54) is 6.42 Å². The second kappa shape index (κ2) is 7.08. The maximum absolute atomic E-state index is 12.8. The summed E-state index contributed by atoms with van der Waals surface area (Å²) < 4.78 is 0. The average Bonchev–Trinajstić information content (AvgIpc) is 2.45. The summed E-state index contributed by atoms with van der Waals surface area (Å²) in [7, 11) is 0. The molecule has 1 saturated heterocycles. The largest absolute Gasteiger partial charge is 0.338 e. The Bertz CT molecular complexity index is 476. The molecule has 1 aliphatic heterocycles. The third-order valence-electron chi connectivity index (χ3n) is 4.32. The van der Waals surface area contributed by atoms with Crippen LogP contribution in [0, 0.1) is 19.8 Å². The van der Waals surface area contributed by atoms with Gasteiger partial charge in [0.1, 0.15) is 0 Å². The lowest BCUT2D eigenvalue weighted by Crippen LogP contribution is -2.44. The summed E-state index contributed by atoms with van der Waals surface area (Å²) in [6.07, 6.45) is 2.33. The predicted molar refractivity (Wildman–Crippen MR) is 87.7 cm³/mol. The highest BCUT2D eigenvalue weighted by atomic mass is 16.2. The van der Waals surface area contributed by atoms with Crippen molar-refractivity contribution in [2.75, 3.05) is 19.6 Å². The molecule has 1 atom stereocenters. The van der Waals surface area contributed by atoms with Crippen LogP contribution in [0.4, 0.5) is 0 Å². The van der Waals surface area contributed by atoms with Gasteiger partial charge in [0.05, 0.1) is 0 Å². The lowest BCUT2D eigenvalue weighted by Gasteiger charge is -2.34. The number of amides is 1. The van der Waals surface area contributed by atoms with Gasteiger partial charge in [-0.25, -0.2) is 0 Å². The Morgan fingerprint density at radius 2 is 2.00 bits per heavy atom. The molecule has 1 N–H and O–H groups in total. The molecular weight excluding hydrogens is 260 g/mol. The van der Waals surface area contributed by atoms with Gasteiger partial charge >= 0.3 is 0 Å². The van der Waals surface area contributed by atoms with Gasteiger partial charge in [-0.1, -0.05) is 32.0 Å². The topological polar surface area (TPSA) is 32.3 Å². The third-order valence-corrected chi connectivity index (χ3v) is 4.32. The number of hydrogen-bond donors (Lipinski definition) is 1. The molecule has 3 nitrogen and oxygen atoms in total. The van der Waals surface area contributed by atoms with E-state index >= 15 is 0 Å².